The van der Waals surface area contributed by atoms with Crippen LogP contribution in [0.1, 0.15) is 16.7 Å². The van der Waals surface area contributed by atoms with E-state index in [1.165, 1.54) is 17.5 Å². The third kappa shape index (κ3) is 2.55. The second-order valence-corrected chi connectivity index (χ2v) is 5.12. The number of rotatable bonds is 2. The first-order valence-electron chi connectivity index (χ1n) is 6.28. The van der Waals surface area contributed by atoms with Gasteiger partial charge in [-0.05, 0) is 17.5 Å². The van der Waals surface area contributed by atoms with Gasteiger partial charge in [0.2, 0.25) is 0 Å². The van der Waals surface area contributed by atoms with E-state index < -0.39 is 0 Å². The molecule has 0 unspecified atom stereocenters. The van der Waals surface area contributed by atoms with Crippen molar-refractivity contribution in [2.75, 3.05) is 12.3 Å². The molecule has 0 saturated heterocycles. The first-order chi connectivity index (χ1) is 9.24. The van der Waals surface area contributed by atoms with Gasteiger partial charge in [-0.25, -0.2) is 9.97 Å². The minimum absolute atomic E-state index is 0.450. The molecule has 0 saturated carbocycles. The van der Waals surface area contributed by atoms with Gasteiger partial charge in [0.25, 0.3) is 0 Å². The van der Waals surface area contributed by atoms with Crippen LogP contribution in [0.25, 0.3) is 0 Å². The van der Waals surface area contributed by atoms with Crippen LogP contribution in [0, 0.1) is 0 Å². The topological polar surface area (TPSA) is 55.0 Å². The Morgan fingerprint density at radius 2 is 2.00 bits per heavy atom. The van der Waals surface area contributed by atoms with Gasteiger partial charge in [-0.2, -0.15) is 0 Å². The van der Waals surface area contributed by atoms with Crippen molar-refractivity contribution in [3.05, 3.63) is 52.4 Å². The van der Waals surface area contributed by atoms with E-state index in [0.717, 1.165) is 25.1 Å². The molecule has 19 heavy (non-hydrogen) atoms. The summed E-state index contributed by atoms with van der Waals surface area (Å²) in [4.78, 5) is 10.3. The lowest BCUT2D eigenvalue weighted by Crippen LogP contribution is -2.30. The largest absolute Gasteiger partial charge is 0.383 e. The second-order valence-electron chi connectivity index (χ2n) is 4.76. The van der Waals surface area contributed by atoms with Gasteiger partial charge >= 0.3 is 0 Å². The highest BCUT2D eigenvalue weighted by Crippen LogP contribution is 2.24. The fraction of sp³-hybridized carbons (Fsp3) is 0.286. The number of halogens is 1. The van der Waals surface area contributed by atoms with E-state index in [1.807, 2.05) is 0 Å². The maximum atomic E-state index is 6.09. The minimum Gasteiger partial charge on any atom is -0.383 e. The van der Waals surface area contributed by atoms with Crippen molar-refractivity contribution in [2.45, 2.75) is 19.5 Å². The number of benzene rings is 1. The molecule has 0 aliphatic carbocycles. The zero-order chi connectivity index (χ0) is 13.2. The van der Waals surface area contributed by atoms with Crippen molar-refractivity contribution in [3.63, 3.8) is 0 Å². The number of hydrogen-bond acceptors (Lipinski definition) is 4. The Morgan fingerprint density at radius 1 is 1.21 bits per heavy atom. The van der Waals surface area contributed by atoms with Crippen molar-refractivity contribution in [2.24, 2.45) is 0 Å². The van der Waals surface area contributed by atoms with Gasteiger partial charge in [-0.1, -0.05) is 35.9 Å². The number of hydrogen-bond donors (Lipinski definition) is 1. The first kappa shape index (κ1) is 12.4. The molecule has 1 aromatic carbocycles. The van der Waals surface area contributed by atoms with E-state index in [0.29, 0.717) is 17.5 Å². The number of nitrogens with zero attached hydrogens (tertiary/aromatic N) is 3. The summed E-state index contributed by atoms with van der Waals surface area (Å²) in [7, 11) is 0. The standard InChI is InChI=1S/C14H15ClN4/c15-13-12(14(16)18-9-17-13)8-19-6-5-10-3-1-2-4-11(10)7-19/h1-4,9H,5-8H2,(H2,16,17,18). The number of fused-ring (bicyclic) bond motifs is 1. The Bertz CT molecular complexity index is 579. The zero-order valence-electron chi connectivity index (χ0n) is 10.5. The van der Waals surface area contributed by atoms with Crippen LogP contribution in [0.15, 0.2) is 30.6 Å². The lowest BCUT2D eigenvalue weighted by molar-refractivity contribution is 0.245. The number of anilines is 1. The van der Waals surface area contributed by atoms with Crippen molar-refractivity contribution in [1.29, 1.82) is 0 Å². The molecule has 0 fully saturated rings. The summed E-state index contributed by atoms with van der Waals surface area (Å²) in [6, 6.07) is 8.54. The highest BCUT2D eigenvalue weighted by atomic mass is 35.5. The molecule has 98 valence electrons. The predicted molar refractivity (Wildman–Crippen MR) is 75.7 cm³/mol. The van der Waals surface area contributed by atoms with Crippen LogP contribution in [0.5, 0.6) is 0 Å². The van der Waals surface area contributed by atoms with Crippen LogP contribution in [0.2, 0.25) is 5.15 Å². The molecule has 1 aliphatic rings. The summed E-state index contributed by atoms with van der Waals surface area (Å²) < 4.78 is 0. The van der Waals surface area contributed by atoms with Crippen molar-refractivity contribution in [3.8, 4) is 0 Å². The number of aromatic nitrogens is 2. The molecule has 0 amide bonds. The highest BCUT2D eigenvalue weighted by Gasteiger charge is 2.18. The lowest BCUT2D eigenvalue weighted by atomic mass is 10.00. The molecule has 2 heterocycles. The third-order valence-corrected chi connectivity index (χ3v) is 3.84. The van der Waals surface area contributed by atoms with Crippen molar-refractivity contribution >= 4 is 17.4 Å². The van der Waals surface area contributed by atoms with Crippen molar-refractivity contribution < 1.29 is 0 Å². The fourth-order valence-corrected chi connectivity index (χ4v) is 2.66. The SMILES string of the molecule is Nc1ncnc(Cl)c1CN1CCc2ccccc2C1. The van der Waals surface area contributed by atoms with Gasteiger partial charge in [0.05, 0.1) is 0 Å². The summed E-state index contributed by atoms with van der Waals surface area (Å²) >= 11 is 6.09. The lowest BCUT2D eigenvalue weighted by Gasteiger charge is -2.29. The Hall–Kier alpha value is -1.65. The summed E-state index contributed by atoms with van der Waals surface area (Å²) in [6.45, 7) is 2.61. The molecule has 1 aliphatic heterocycles. The highest BCUT2D eigenvalue weighted by molar-refractivity contribution is 6.30. The van der Waals surface area contributed by atoms with Gasteiger partial charge in [0, 0.05) is 25.2 Å². The van der Waals surface area contributed by atoms with Crippen LogP contribution in [0.4, 0.5) is 5.82 Å². The van der Waals surface area contributed by atoms with Gasteiger partial charge in [0.15, 0.2) is 0 Å². The predicted octanol–water partition coefficient (Wildman–Crippen LogP) is 2.27. The first-order valence-corrected chi connectivity index (χ1v) is 6.66. The molecule has 0 bridgehead atoms. The van der Waals surface area contributed by atoms with Crippen LogP contribution < -0.4 is 5.73 Å². The molecule has 0 atom stereocenters. The molecule has 0 radical (unpaired) electrons. The van der Waals surface area contributed by atoms with Crippen LogP contribution >= 0.6 is 11.6 Å². The van der Waals surface area contributed by atoms with Crippen LogP contribution in [0.3, 0.4) is 0 Å². The summed E-state index contributed by atoms with van der Waals surface area (Å²) in [5.41, 5.74) is 9.50. The zero-order valence-corrected chi connectivity index (χ0v) is 11.3. The summed E-state index contributed by atoms with van der Waals surface area (Å²) in [6.07, 6.45) is 2.45. The Kier molecular flexibility index (Phi) is 3.36. The molecule has 2 N–H and O–H groups in total. The molecule has 2 aromatic rings. The second kappa shape index (κ2) is 5.15. The average Bonchev–Trinajstić information content (AvgIpc) is 2.43. The third-order valence-electron chi connectivity index (χ3n) is 3.52. The quantitative estimate of drug-likeness (QED) is 0.854. The molecular weight excluding hydrogens is 260 g/mol. The molecule has 5 heteroatoms. The maximum absolute atomic E-state index is 6.09. The average molecular weight is 275 g/mol. The normalized spacial score (nSPS) is 15.2. The van der Waals surface area contributed by atoms with Crippen LogP contribution in [-0.2, 0) is 19.5 Å². The molecular formula is C14H15ClN4. The van der Waals surface area contributed by atoms with Crippen molar-refractivity contribution in [1.82, 2.24) is 14.9 Å². The van der Waals surface area contributed by atoms with E-state index in [4.69, 9.17) is 17.3 Å². The van der Waals surface area contributed by atoms with E-state index >= 15 is 0 Å². The number of nitrogens with two attached hydrogens (primary N) is 1. The Morgan fingerprint density at radius 3 is 2.79 bits per heavy atom. The van der Waals surface area contributed by atoms with Gasteiger partial charge in [-0.15, -0.1) is 0 Å². The van der Waals surface area contributed by atoms with E-state index in [9.17, 15) is 0 Å². The molecule has 4 nitrogen and oxygen atoms in total. The molecule has 3 rings (SSSR count). The van der Waals surface area contributed by atoms with E-state index in [1.54, 1.807) is 0 Å². The summed E-state index contributed by atoms with van der Waals surface area (Å²) in [5, 5.41) is 0.450. The fourth-order valence-electron chi connectivity index (χ4n) is 2.46. The number of nitrogen functional groups attached to an aromatic ring is 1. The summed E-state index contributed by atoms with van der Waals surface area (Å²) in [5.74, 6) is 0.471. The minimum atomic E-state index is 0.450. The van der Waals surface area contributed by atoms with Gasteiger partial charge in [0.1, 0.15) is 17.3 Å². The Labute approximate surface area is 117 Å². The smallest absolute Gasteiger partial charge is 0.139 e. The van der Waals surface area contributed by atoms with Crippen LogP contribution in [-0.4, -0.2) is 21.4 Å². The Balaban J connectivity index is 1.79. The van der Waals surface area contributed by atoms with Gasteiger partial charge in [-0.3, -0.25) is 4.90 Å². The molecule has 0 spiro atoms. The molecule has 1 aromatic heterocycles. The van der Waals surface area contributed by atoms with E-state index in [-0.39, 0.29) is 0 Å². The van der Waals surface area contributed by atoms with Gasteiger partial charge < -0.3 is 5.73 Å². The monoisotopic (exact) mass is 274 g/mol. The van der Waals surface area contributed by atoms with E-state index in [2.05, 4.69) is 39.1 Å². The maximum Gasteiger partial charge on any atom is 0.139 e.